The summed E-state index contributed by atoms with van der Waals surface area (Å²) in [6, 6.07) is 18.4. The Kier molecular flexibility index (Phi) is 5.03. The predicted octanol–water partition coefficient (Wildman–Crippen LogP) is 2.68. The minimum Gasteiger partial charge on any atom is -0.369 e. The monoisotopic (exact) mass is 414 g/mol. The first-order valence-corrected chi connectivity index (χ1v) is 10.6. The average Bonchev–Trinajstić information content (AvgIpc) is 3.43. The Morgan fingerprint density at radius 3 is 2.90 bits per heavy atom. The summed E-state index contributed by atoms with van der Waals surface area (Å²) < 4.78 is 1.61. The van der Waals surface area contributed by atoms with Crippen LogP contribution in [0.1, 0.15) is 30.2 Å². The van der Waals surface area contributed by atoms with Gasteiger partial charge in [-0.15, -0.1) is 5.10 Å². The van der Waals surface area contributed by atoms with Gasteiger partial charge >= 0.3 is 0 Å². The zero-order valence-corrected chi connectivity index (χ0v) is 17.5. The molecule has 3 heterocycles. The summed E-state index contributed by atoms with van der Waals surface area (Å²) in [5, 5.41) is 18.7. The van der Waals surface area contributed by atoms with Crippen LogP contribution in [0, 0.1) is 0 Å². The van der Waals surface area contributed by atoms with Crippen LogP contribution in [0.2, 0.25) is 0 Å². The van der Waals surface area contributed by atoms with Crippen molar-refractivity contribution in [3.8, 4) is 0 Å². The molecule has 7 nitrogen and oxygen atoms in total. The molecule has 5 rings (SSSR count). The lowest BCUT2D eigenvalue weighted by atomic mass is 9.76. The van der Waals surface area contributed by atoms with Gasteiger partial charge in [0.25, 0.3) is 0 Å². The number of rotatable bonds is 6. The Bertz CT molecular complexity index is 1120. The minimum absolute atomic E-state index is 0.0330. The number of anilines is 1. The van der Waals surface area contributed by atoms with E-state index in [2.05, 4.69) is 50.5 Å². The first kappa shape index (κ1) is 19.5. The Labute approximate surface area is 181 Å². The maximum atomic E-state index is 12.5. The summed E-state index contributed by atoms with van der Waals surface area (Å²) in [6.07, 6.45) is 5.86. The second-order valence-corrected chi connectivity index (χ2v) is 8.35. The van der Waals surface area contributed by atoms with Crippen molar-refractivity contribution in [2.75, 3.05) is 11.9 Å². The van der Waals surface area contributed by atoms with Crippen molar-refractivity contribution in [1.82, 2.24) is 25.6 Å². The van der Waals surface area contributed by atoms with Crippen LogP contribution in [0.3, 0.4) is 0 Å². The van der Waals surface area contributed by atoms with Crippen LogP contribution < -0.4 is 16.0 Å². The van der Waals surface area contributed by atoms with Crippen LogP contribution in [0.5, 0.6) is 0 Å². The van der Waals surface area contributed by atoms with E-state index in [1.807, 2.05) is 49.5 Å². The lowest BCUT2D eigenvalue weighted by molar-refractivity contribution is -0.121. The van der Waals surface area contributed by atoms with Crippen LogP contribution in [-0.2, 0) is 23.2 Å². The molecule has 158 valence electrons. The molecule has 1 saturated heterocycles. The number of para-hydroxylation sites is 1. The lowest BCUT2D eigenvalue weighted by Gasteiger charge is -2.28. The molecule has 1 aromatic heterocycles. The largest absolute Gasteiger partial charge is 0.369 e. The van der Waals surface area contributed by atoms with E-state index < -0.39 is 0 Å². The molecular weight excluding hydrogens is 388 g/mol. The molecule has 2 aliphatic heterocycles. The number of carbonyl (C=O) groups is 1. The summed E-state index contributed by atoms with van der Waals surface area (Å²) in [5.74, 6) is -0.118. The van der Waals surface area contributed by atoms with Gasteiger partial charge in [0.2, 0.25) is 5.91 Å². The zero-order valence-electron chi connectivity index (χ0n) is 17.5. The van der Waals surface area contributed by atoms with Crippen LogP contribution in [0.15, 0.2) is 66.5 Å². The molecule has 2 atom stereocenters. The molecule has 0 spiro atoms. The quantitative estimate of drug-likeness (QED) is 0.578. The van der Waals surface area contributed by atoms with Crippen molar-refractivity contribution in [1.29, 1.82) is 0 Å². The second kappa shape index (κ2) is 8.00. The number of hydrogen-bond acceptors (Lipinski definition) is 5. The van der Waals surface area contributed by atoms with Gasteiger partial charge in [0.05, 0.1) is 11.9 Å². The molecule has 1 amide bonds. The predicted molar refractivity (Wildman–Crippen MR) is 120 cm³/mol. The Balaban J connectivity index is 1.26. The average molecular weight is 415 g/mol. The van der Waals surface area contributed by atoms with E-state index in [1.54, 1.807) is 4.68 Å². The molecule has 0 radical (unpaired) electrons. The van der Waals surface area contributed by atoms with Gasteiger partial charge in [-0.2, -0.15) is 0 Å². The van der Waals surface area contributed by atoms with Crippen LogP contribution in [0.25, 0.3) is 6.08 Å². The van der Waals surface area contributed by atoms with Gasteiger partial charge in [0.1, 0.15) is 6.54 Å². The van der Waals surface area contributed by atoms with E-state index in [-0.39, 0.29) is 24.0 Å². The smallest absolute Gasteiger partial charge is 0.245 e. The van der Waals surface area contributed by atoms with Crippen LogP contribution in [-0.4, -0.2) is 33.6 Å². The van der Waals surface area contributed by atoms with E-state index in [0.29, 0.717) is 0 Å². The van der Waals surface area contributed by atoms with Gasteiger partial charge < -0.3 is 10.6 Å². The van der Waals surface area contributed by atoms with Gasteiger partial charge in [-0.1, -0.05) is 53.7 Å². The number of benzene rings is 2. The molecule has 0 unspecified atom stereocenters. The topological polar surface area (TPSA) is 83.9 Å². The molecule has 7 heteroatoms. The Morgan fingerprint density at radius 1 is 1.23 bits per heavy atom. The highest BCUT2D eigenvalue weighted by Gasteiger charge is 2.50. The molecule has 0 bridgehead atoms. The van der Waals surface area contributed by atoms with Crippen molar-refractivity contribution in [2.24, 2.45) is 0 Å². The summed E-state index contributed by atoms with van der Waals surface area (Å²) in [5.41, 5.74) is 5.23. The first-order chi connectivity index (χ1) is 15.1. The summed E-state index contributed by atoms with van der Waals surface area (Å²) in [7, 11) is 0. The third-order valence-electron chi connectivity index (χ3n) is 6.14. The highest BCUT2D eigenvalue weighted by Crippen LogP contribution is 2.46. The number of hydrogen-bond donors (Lipinski definition) is 3. The fraction of sp³-hybridized carbons (Fsp3) is 0.292. The number of nitrogens with zero attached hydrogens (tertiary/aromatic N) is 3. The minimum atomic E-state index is -0.118. The third-order valence-corrected chi connectivity index (χ3v) is 6.14. The second-order valence-electron chi connectivity index (χ2n) is 8.35. The maximum Gasteiger partial charge on any atom is 0.245 e. The van der Waals surface area contributed by atoms with Gasteiger partial charge in [0, 0.05) is 29.4 Å². The maximum absolute atomic E-state index is 12.5. The molecule has 1 fully saturated rings. The van der Waals surface area contributed by atoms with Crippen LogP contribution in [0.4, 0.5) is 5.69 Å². The molecule has 0 aliphatic carbocycles. The number of allylic oxidation sites excluding steroid dienone is 1. The van der Waals surface area contributed by atoms with E-state index in [4.69, 9.17) is 0 Å². The van der Waals surface area contributed by atoms with Crippen LogP contribution >= 0.6 is 0 Å². The Hall–Kier alpha value is -3.45. The van der Waals surface area contributed by atoms with Crippen molar-refractivity contribution < 1.29 is 4.79 Å². The number of nitrogens with one attached hydrogen (secondary N) is 3. The van der Waals surface area contributed by atoms with Crippen molar-refractivity contribution in [2.45, 2.75) is 37.9 Å². The summed E-state index contributed by atoms with van der Waals surface area (Å²) in [4.78, 5) is 12.5. The normalized spacial score (nSPS) is 22.0. The summed E-state index contributed by atoms with van der Waals surface area (Å²) in [6.45, 7) is 2.99. The fourth-order valence-corrected chi connectivity index (χ4v) is 4.80. The third kappa shape index (κ3) is 3.84. The van der Waals surface area contributed by atoms with Gasteiger partial charge in [-0.05, 0) is 43.2 Å². The zero-order chi connectivity index (χ0) is 21.3. The molecule has 2 aliphatic rings. The highest BCUT2D eigenvalue weighted by molar-refractivity contribution is 5.78. The molecule has 31 heavy (non-hydrogen) atoms. The number of fused-ring (bicyclic) bond motifs is 3. The van der Waals surface area contributed by atoms with Crippen molar-refractivity contribution >= 4 is 17.7 Å². The summed E-state index contributed by atoms with van der Waals surface area (Å²) >= 11 is 0. The van der Waals surface area contributed by atoms with Gasteiger partial charge in [-0.25, -0.2) is 4.68 Å². The molecule has 0 saturated carbocycles. The number of aromatic nitrogens is 3. The van der Waals surface area contributed by atoms with E-state index >= 15 is 0 Å². The Morgan fingerprint density at radius 2 is 2.03 bits per heavy atom. The molecule has 2 aromatic carbocycles. The molecule has 3 aromatic rings. The lowest BCUT2D eigenvalue weighted by Crippen LogP contribution is -2.42. The molecular formula is C24H26N6O. The van der Waals surface area contributed by atoms with E-state index in [0.717, 1.165) is 36.3 Å². The fourth-order valence-electron chi connectivity index (χ4n) is 4.80. The first-order valence-electron chi connectivity index (χ1n) is 10.6. The highest BCUT2D eigenvalue weighted by atomic mass is 16.2. The van der Waals surface area contributed by atoms with Gasteiger partial charge in [-0.3, -0.25) is 10.1 Å². The standard InChI is InChI=1S/C24H26N6O/c1-17(13-18-7-3-2-4-8-18)26-22(31)16-30-15-19(28-29-30)14-24-11-12-25-23(24)27-21-10-6-5-9-20(21)24/h2-10,13,15,23,25,27H,11-12,14,16H2,1H3,(H,26,31)/b17-13+/t23-,24-/m1/s1. The van der Waals surface area contributed by atoms with E-state index in [9.17, 15) is 4.79 Å². The number of carbonyl (C=O) groups excluding carboxylic acids is 1. The van der Waals surface area contributed by atoms with Gasteiger partial charge in [0.15, 0.2) is 0 Å². The van der Waals surface area contributed by atoms with E-state index in [1.165, 1.54) is 11.3 Å². The van der Waals surface area contributed by atoms with Crippen molar-refractivity contribution in [3.05, 3.63) is 83.3 Å². The molecule has 3 N–H and O–H groups in total. The SMILES string of the molecule is C/C(=C\c1ccccc1)NC(=O)Cn1cc(C[C@@]23CCN[C@@H]2Nc2ccccc23)nn1. The number of amides is 1. The van der Waals surface area contributed by atoms with Crippen molar-refractivity contribution in [3.63, 3.8) is 0 Å².